The number of rotatable bonds is 2. The Hall–Kier alpha value is -2.14. The normalized spacial score (nSPS) is 10.7. The molecule has 0 aliphatic carbocycles. The van der Waals surface area contributed by atoms with Crippen LogP contribution in [0.3, 0.4) is 0 Å². The number of aryl methyl sites for hydroxylation is 1. The summed E-state index contributed by atoms with van der Waals surface area (Å²) in [4.78, 5) is 1.56. The molecule has 3 rings (SSSR count). The van der Waals surface area contributed by atoms with Crippen molar-refractivity contribution in [3.8, 4) is 28.3 Å². The topological polar surface area (TPSA) is 50.9 Å². The Labute approximate surface area is 108 Å². The molecule has 2 aromatic heterocycles. The van der Waals surface area contributed by atoms with Crippen molar-refractivity contribution in [2.24, 2.45) is 7.05 Å². The SMILES string of the molecule is Cn1nc(-c2ccc(O)cc2)c(-c2ccsc2)n1. The monoisotopic (exact) mass is 257 g/mol. The Bertz CT molecular complexity index is 656. The molecule has 0 bridgehead atoms. The standard InChI is InChI=1S/C13H11N3OS/c1-16-14-12(9-2-4-11(17)5-3-9)13(15-16)10-6-7-18-8-10/h2-8,17H,1H3. The van der Waals surface area contributed by atoms with Crippen LogP contribution in [-0.4, -0.2) is 20.1 Å². The molecule has 4 nitrogen and oxygen atoms in total. The molecule has 0 atom stereocenters. The molecule has 0 saturated heterocycles. The summed E-state index contributed by atoms with van der Waals surface area (Å²) in [5, 5.41) is 22.2. The van der Waals surface area contributed by atoms with E-state index in [9.17, 15) is 5.11 Å². The number of nitrogens with zero attached hydrogens (tertiary/aromatic N) is 3. The van der Waals surface area contributed by atoms with Gasteiger partial charge in [0, 0.05) is 23.6 Å². The summed E-state index contributed by atoms with van der Waals surface area (Å²) in [5.41, 5.74) is 3.71. The van der Waals surface area contributed by atoms with E-state index in [1.54, 1.807) is 35.3 Å². The summed E-state index contributed by atoms with van der Waals surface area (Å²) in [7, 11) is 1.81. The minimum atomic E-state index is 0.250. The molecule has 5 heteroatoms. The van der Waals surface area contributed by atoms with Gasteiger partial charge in [-0.3, -0.25) is 0 Å². The number of phenols is 1. The van der Waals surface area contributed by atoms with E-state index in [-0.39, 0.29) is 5.75 Å². The van der Waals surface area contributed by atoms with Crippen molar-refractivity contribution in [1.29, 1.82) is 0 Å². The van der Waals surface area contributed by atoms with Crippen molar-refractivity contribution in [2.45, 2.75) is 0 Å². The predicted octanol–water partition coefficient (Wildman–Crippen LogP) is 2.92. The highest BCUT2D eigenvalue weighted by Gasteiger charge is 2.14. The summed E-state index contributed by atoms with van der Waals surface area (Å²) in [6.07, 6.45) is 0. The van der Waals surface area contributed by atoms with Crippen molar-refractivity contribution >= 4 is 11.3 Å². The molecule has 1 N–H and O–H groups in total. The number of phenolic OH excluding ortho intramolecular Hbond substituents is 1. The zero-order valence-corrected chi connectivity index (χ0v) is 10.6. The van der Waals surface area contributed by atoms with E-state index in [2.05, 4.69) is 10.2 Å². The average Bonchev–Trinajstić information content (AvgIpc) is 2.98. The quantitative estimate of drug-likeness (QED) is 0.768. The molecule has 0 saturated carbocycles. The maximum atomic E-state index is 9.32. The van der Waals surface area contributed by atoms with Crippen LogP contribution < -0.4 is 0 Å². The first-order chi connectivity index (χ1) is 8.74. The number of thiophene rings is 1. The summed E-state index contributed by atoms with van der Waals surface area (Å²) >= 11 is 1.63. The van der Waals surface area contributed by atoms with Crippen LogP contribution in [-0.2, 0) is 7.05 Å². The van der Waals surface area contributed by atoms with Crippen LogP contribution in [0.5, 0.6) is 5.75 Å². The van der Waals surface area contributed by atoms with Gasteiger partial charge in [-0.1, -0.05) is 0 Å². The van der Waals surface area contributed by atoms with Gasteiger partial charge in [0.1, 0.15) is 17.1 Å². The van der Waals surface area contributed by atoms with Crippen molar-refractivity contribution in [2.75, 3.05) is 0 Å². The van der Waals surface area contributed by atoms with Gasteiger partial charge in [0.15, 0.2) is 0 Å². The molecule has 2 heterocycles. The van der Waals surface area contributed by atoms with Crippen molar-refractivity contribution in [3.05, 3.63) is 41.1 Å². The molecular formula is C13H11N3OS. The fourth-order valence-corrected chi connectivity index (χ4v) is 2.45. The Morgan fingerprint density at radius 2 is 1.67 bits per heavy atom. The second-order valence-corrected chi connectivity index (χ2v) is 4.73. The van der Waals surface area contributed by atoms with E-state index in [0.717, 1.165) is 22.5 Å². The molecule has 90 valence electrons. The van der Waals surface area contributed by atoms with Gasteiger partial charge < -0.3 is 5.11 Å². The van der Waals surface area contributed by atoms with Crippen LogP contribution in [0.25, 0.3) is 22.5 Å². The fraction of sp³-hybridized carbons (Fsp3) is 0.0769. The largest absolute Gasteiger partial charge is 0.508 e. The van der Waals surface area contributed by atoms with E-state index in [4.69, 9.17) is 0 Å². The molecule has 3 aromatic rings. The van der Waals surface area contributed by atoms with Gasteiger partial charge >= 0.3 is 0 Å². The number of benzene rings is 1. The zero-order valence-electron chi connectivity index (χ0n) is 9.74. The van der Waals surface area contributed by atoms with Crippen LogP contribution in [0.1, 0.15) is 0 Å². The van der Waals surface area contributed by atoms with Crippen molar-refractivity contribution in [3.63, 3.8) is 0 Å². The van der Waals surface area contributed by atoms with Crippen LogP contribution in [0.2, 0.25) is 0 Å². The molecule has 0 aliphatic rings. The smallest absolute Gasteiger partial charge is 0.121 e. The third-order valence-electron chi connectivity index (χ3n) is 2.65. The van der Waals surface area contributed by atoms with Gasteiger partial charge in [-0.05, 0) is 35.7 Å². The highest BCUT2D eigenvalue weighted by atomic mass is 32.1. The molecule has 0 radical (unpaired) electrons. The van der Waals surface area contributed by atoms with Crippen LogP contribution >= 0.6 is 11.3 Å². The highest BCUT2D eigenvalue weighted by Crippen LogP contribution is 2.30. The molecule has 0 amide bonds. The second-order valence-electron chi connectivity index (χ2n) is 3.95. The lowest BCUT2D eigenvalue weighted by Crippen LogP contribution is -1.91. The van der Waals surface area contributed by atoms with Crippen molar-refractivity contribution < 1.29 is 5.11 Å². The molecule has 1 aromatic carbocycles. The Morgan fingerprint density at radius 3 is 2.28 bits per heavy atom. The van der Waals surface area contributed by atoms with E-state index in [0.29, 0.717) is 0 Å². The lowest BCUT2D eigenvalue weighted by Gasteiger charge is -1.99. The van der Waals surface area contributed by atoms with E-state index in [1.807, 2.05) is 29.0 Å². The maximum absolute atomic E-state index is 9.32. The van der Waals surface area contributed by atoms with E-state index < -0.39 is 0 Å². The Kier molecular flexibility index (Phi) is 2.60. The molecular weight excluding hydrogens is 246 g/mol. The van der Waals surface area contributed by atoms with Gasteiger partial charge in [-0.15, -0.1) is 0 Å². The number of aromatic nitrogens is 3. The highest BCUT2D eigenvalue weighted by molar-refractivity contribution is 7.08. The lowest BCUT2D eigenvalue weighted by molar-refractivity contribution is 0.475. The van der Waals surface area contributed by atoms with Gasteiger partial charge in [0.2, 0.25) is 0 Å². The molecule has 0 spiro atoms. The van der Waals surface area contributed by atoms with Crippen LogP contribution in [0, 0.1) is 0 Å². The fourth-order valence-electron chi connectivity index (χ4n) is 1.81. The summed E-state index contributed by atoms with van der Waals surface area (Å²) < 4.78 is 0. The zero-order chi connectivity index (χ0) is 12.5. The van der Waals surface area contributed by atoms with Gasteiger partial charge in [-0.25, -0.2) is 0 Å². The minimum Gasteiger partial charge on any atom is -0.508 e. The van der Waals surface area contributed by atoms with Gasteiger partial charge in [-0.2, -0.15) is 26.3 Å². The molecule has 18 heavy (non-hydrogen) atoms. The Morgan fingerprint density at radius 1 is 1.00 bits per heavy atom. The lowest BCUT2D eigenvalue weighted by atomic mass is 10.1. The molecule has 0 fully saturated rings. The van der Waals surface area contributed by atoms with Crippen LogP contribution in [0.4, 0.5) is 0 Å². The first-order valence-corrected chi connectivity index (χ1v) is 6.41. The third kappa shape index (κ3) is 1.89. The summed E-state index contributed by atoms with van der Waals surface area (Å²) in [6, 6.07) is 9.02. The first-order valence-electron chi connectivity index (χ1n) is 5.47. The van der Waals surface area contributed by atoms with E-state index in [1.165, 1.54) is 0 Å². The second kappa shape index (κ2) is 4.27. The minimum absolute atomic E-state index is 0.250. The summed E-state index contributed by atoms with van der Waals surface area (Å²) in [5.74, 6) is 0.250. The number of hydrogen-bond donors (Lipinski definition) is 1. The predicted molar refractivity (Wildman–Crippen MR) is 71.4 cm³/mol. The van der Waals surface area contributed by atoms with Crippen LogP contribution in [0.15, 0.2) is 41.1 Å². The maximum Gasteiger partial charge on any atom is 0.121 e. The number of hydrogen-bond acceptors (Lipinski definition) is 4. The average molecular weight is 257 g/mol. The molecule has 0 aliphatic heterocycles. The first kappa shape index (κ1) is 11.0. The summed E-state index contributed by atoms with van der Waals surface area (Å²) in [6.45, 7) is 0. The third-order valence-corrected chi connectivity index (χ3v) is 3.33. The van der Waals surface area contributed by atoms with Gasteiger partial charge in [0.05, 0.1) is 0 Å². The number of aromatic hydroxyl groups is 1. The van der Waals surface area contributed by atoms with Crippen molar-refractivity contribution in [1.82, 2.24) is 15.0 Å². The van der Waals surface area contributed by atoms with E-state index >= 15 is 0 Å². The Balaban J connectivity index is 2.15. The molecule has 0 unspecified atom stereocenters. The van der Waals surface area contributed by atoms with Gasteiger partial charge in [0.25, 0.3) is 0 Å².